The van der Waals surface area contributed by atoms with Gasteiger partial charge in [-0.15, -0.1) is 11.3 Å². The fourth-order valence-corrected chi connectivity index (χ4v) is 4.36. The van der Waals surface area contributed by atoms with Gasteiger partial charge in [0.15, 0.2) is 0 Å². The van der Waals surface area contributed by atoms with E-state index in [9.17, 15) is 14.4 Å². The molecule has 4 aromatic rings. The SMILES string of the molecule is COC(=O)[C@H](CNC(=O)c1cccs1)NC(=O)c1c(C)nc(NCC#Cc2cccc3[nH]ncc23)nc1C. The molecule has 0 aliphatic rings. The fraction of sp³-hybridized carbons (Fsp3) is 0.231. The summed E-state index contributed by atoms with van der Waals surface area (Å²) >= 11 is 1.27. The molecule has 0 spiro atoms. The van der Waals surface area contributed by atoms with Crippen LogP contribution in [0.5, 0.6) is 0 Å². The zero-order valence-electron chi connectivity index (χ0n) is 20.9. The number of hydrogen-bond acceptors (Lipinski definition) is 9. The number of aromatic nitrogens is 4. The van der Waals surface area contributed by atoms with Gasteiger partial charge in [-0.1, -0.05) is 24.0 Å². The number of nitrogens with zero attached hydrogens (tertiary/aromatic N) is 3. The number of fused-ring (bicyclic) bond motifs is 1. The molecule has 0 unspecified atom stereocenters. The van der Waals surface area contributed by atoms with Gasteiger partial charge in [0.05, 0.1) is 47.2 Å². The molecule has 4 N–H and O–H groups in total. The second kappa shape index (κ2) is 12.0. The van der Waals surface area contributed by atoms with Gasteiger partial charge in [-0.2, -0.15) is 5.10 Å². The van der Waals surface area contributed by atoms with Gasteiger partial charge in [-0.3, -0.25) is 14.7 Å². The Morgan fingerprint density at radius 1 is 1.11 bits per heavy atom. The van der Waals surface area contributed by atoms with Crippen molar-refractivity contribution in [3.8, 4) is 11.8 Å². The molecule has 0 aliphatic heterocycles. The number of hydrogen-bond donors (Lipinski definition) is 4. The molecule has 194 valence electrons. The van der Waals surface area contributed by atoms with Crippen LogP contribution in [0.1, 0.15) is 37.0 Å². The minimum Gasteiger partial charge on any atom is -0.467 e. The quantitative estimate of drug-likeness (QED) is 0.200. The van der Waals surface area contributed by atoms with Crippen LogP contribution < -0.4 is 16.0 Å². The summed E-state index contributed by atoms with van der Waals surface area (Å²) in [6, 6.07) is 8.06. The van der Waals surface area contributed by atoms with Crippen molar-refractivity contribution < 1.29 is 19.1 Å². The highest BCUT2D eigenvalue weighted by molar-refractivity contribution is 7.12. The number of ether oxygens (including phenoxy) is 1. The van der Waals surface area contributed by atoms with Gasteiger partial charge >= 0.3 is 5.97 Å². The molecule has 0 saturated heterocycles. The number of aryl methyl sites for hydroxylation is 2. The molecule has 3 heterocycles. The highest BCUT2D eigenvalue weighted by Gasteiger charge is 2.25. The normalized spacial score (nSPS) is 11.2. The lowest BCUT2D eigenvalue weighted by Gasteiger charge is -2.18. The van der Waals surface area contributed by atoms with Crippen LogP contribution in [0.4, 0.5) is 5.95 Å². The Balaban J connectivity index is 1.40. The number of benzene rings is 1. The number of methoxy groups -OCH3 is 1. The second-order valence-electron chi connectivity index (χ2n) is 8.12. The van der Waals surface area contributed by atoms with Gasteiger partial charge in [0.25, 0.3) is 11.8 Å². The zero-order valence-corrected chi connectivity index (χ0v) is 21.7. The largest absolute Gasteiger partial charge is 0.467 e. The van der Waals surface area contributed by atoms with Crippen molar-refractivity contribution in [3.05, 3.63) is 69.3 Å². The van der Waals surface area contributed by atoms with Crippen molar-refractivity contribution in [2.45, 2.75) is 19.9 Å². The van der Waals surface area contributed by atoms with E-state index in [0.29, 0.717) is 22.2 Å². The highest BCUT2D eigenvalue weighted by Crippen LogP contribution is 2.15. The van der Waals surface area contributed by atoms with E-state index in [1.807, 2.05) is 18.2 Å². The Hall–Kier alpha value is -4.76. The summed E-state index contributed by atoms with van der Waals surface area (Å²) in [5, 5.41) is 18.0. The minimum absolute atomic E-state index is 0.140. The van der Waals surface area contributed by atoms with Gasteiger partial charge in [0.1, 0.15) is 6.04 Å². The van der Waals surface area contributed by atoms with Crippen molar-refractivity contribution in [2.75, 3.05) is 25.5 Å². The minimum atomic E-state index is -1.09. The molecule has 0 bridgehead atoms. The molecular weight excluding hydrogens is 506 g/mol. The van der Waals surface area contributed by atoms with E-state index in [4.69, 9.17) is 4.74 Å². The Kier molecular flexibility index (Phi) is 8.30. The number of amides is 2. The van der Waals surface area contributed by atoms with Crippen molar-refractivity contribution in [2.24, 2.45) is 0 Å². The van der Waals surface area contributed by atoms with Gasteiger partial charge in [0, 0.05) is 17.5 Å². The Labute approximate surface area is 222 Å². The maximum absolute atomic E-state index is 13.0. The van der Waals surface area contributed by atoms with Crippen molar-refractivity contribution in [1.82, 2.24) is 30.8 Å². The van der Waals surface area contributed by atoms with Crippen LogP contribution in [0, 0.1) is 25.7 Å². The van der Waals surface area contributed by atoms with Crippen LogP contribution in [0.25, 0.3) is 10.9 Å². The summed E-state index contributed by atoms with van der Waals surface area (Å²) < 4.78 is 4.80. The number of carbonyl (C=O) groups excluding carboxylic acids is 3. The summed E-state index contributed by atoms with van der Waals surface area (Å²) in [6.45, 7) is 3.49. The number of carbonyl (C=O) groups is 3. The first-order valence-corrected chi connectivity index (χ1v) is 12.5. The van der Waals surface area contributed by atoms with E-state index >= 15 is 0 Å². The first kappa shape index (κ1) is 26.3. The number of thiophene rings is 1. The van der Waals surface area contributed by atoms with Crippen LogP contribution >= 0.6 is 11.3 Å². The number of esters is 1. The van der Waals surface area contributed by atoms with E-state index in [1.54, 1.807) is 37.6 Å². The van der Waals surface area contributed by atoms with Gasteiger partial charge in [-0.05, 0) is 37.4 Å². The maximum Gasteiger partial charge on any atom is 0.330 e. The van der Waals surface area contributed by atoms with Crippen LogP contribution in [0.3, 0.4) is 0 Å². The summed E-state index contributed by atoms with van der Waals surface area (Å²) in [5.74, 6) is 4.87. The molecule has 11 nitrogen and oxygen atoms in total. The third-order valence-corrected chi connectivity index (χ3v) is 6.41. The zero-order chi connectivity index (χ0) is 27.1. The van der Waals surface area contributed by atoms with Crippen LogP contribution in [0.2, 0.25) is 0 Å². The van der Waals surface area contributed by atoms with E-state index in [1.165, 1.54) is 18.4 Å². The summed E-state index contributed by atoms with van der Waals surface area (Å²) in [4.78, 5) is 46.8. The molecule has 0 aliphatic carbocycles. The van der Waals surface area contributed by atoms with E-state index in [2.05, 4.69) is 48.0 Å². The maximum atomic E-state index is 13.0. The summed E-state index contributed by atoms with van der Waals surface area (Å²) in [7, 11) is 1.21. The predicted octanol–water partition coefficient (Wildman–Crippen LogP) is 2.20. The summed E-state index contributed by atoms with van der Waals surface area (Å²) in [5.41, 5.74) is 2.82. The molecule has 4 rings (SSSR count). The Morgan fingerprint density at radius 2 is 1.89 bits per heavy atom. The van der Waals surface area contributed by atoms with Gasteiger partial charge in [-0.25, -0.2) is 14.8 Å². The topological polar surface area (TPSA) is 151 Å². The highest BCUT2D eigenvalue weighted by atomic mass is 32.1. The second-order valence-corrected chi connectivity index (χ2v) is 9.07. The first-order valence-electron chi connectivity index (χ1n) is 11.6. The number of rotatable bonds is 8. The lowest BCUT2D eigenvalue weighted by Crippen LogP contribution is -2.49. The van der Waals surface area contributed by atoms with Gasteiger partial charge < -0.3 is 20.7 Å². The van der Waals surface area contributed by atoms with Crippen LogP contribution in [-0.4, -0.2) is 64.2 Å². The average molecular weight is 532 g/mol. The molecule has 1 aromatic carbocycles. The standard InChI is InChI=1S/C26H25N7O4S/c1-15-22(24(35)32-20(25(36)37-3)14-28-23(34)21-10-6-12-38-21)16(2)31-26(30-15)27-11-5-8-17-7-4-9-19-18(17)13-29-33-19/h4,6-7,9-10,12-13,20H,11,14H2,1-3H3,(H,28,34)(H,29,33)(H,32,35)(H,27,30,31)/t20-/m0/s1. The molecule has 0 saturated carbocycles. The lowest BCUT2D eigenvalue weighted by atomic mass is 10.1. The summed E-state index contributed by atoms with van der Waals surface area (Å²) in [6.07, 6.45) is 1.73. The average Bonchev–Trinajstić information content (AvgIpc) is 3.61. The fourth-order valence-electron chi connectivity index (χ4n) is 3.72. The Bertz CT molecular complexity index is 1510. The number of anilines is 1. The molecule has 3 aromatic heterocycles. The van der Waals surface area contributed by atoms with Crippen LogP contribution in [-0.2, 0) is 9.53 Å². The van der Waals surface area contributed by atoms with Crippen LogP contribution in [0.15, 0.2) is 41.9 Å². The lowest BCUT2D eigenvalue weighted by molar-refractivity contribution is -0.142. The number of nitrogens with one attached hydrogen (secondary N) is 4. The van der Waals surface area contributed by atoms with E-state index < -0.39 is 17.9 Å². The predicted molar refractivity (Wildman–Crippen MR) is 143 cm³/mol. The smallest absolute Gasteiger partial charge is 0.330 e. The Morgan fingerprint density at radius 3 is 2.61 bits per heavy atom. The van der Waals surface area contributed by atoms with E-state index in [0.717, 1.165) is 16.5 Å². The molecule has 1 atom stereocenters. The molecule has 2 amide bonds. The molecule has 38 heavy (non-hydrogen) atoms. The molecule has 0 fully saturated rings. The van der Waals surface area contributed by atoms with Crippen molar-refractivity contribution >= 4 is 46.0 Å². The van der Waals surface area contributed by atoms with Gasteiger partial charge in [0.2, 0.25) is 5.95 Å². The first-order chi connectivity index (χ1) is 18.4. The molecule has 0 radical (unpaired) electrons. The number of aromatic amines is 1. The monoisotopic (exact) mass is 531 g/mol. The van der Waals surface area contributed by atoms with E-state index in [-0.39, 0.29) is 24.6 Å². The molecular formula is C26H25N7O4S. The van der Waals surface area contributed by atoms with Crippen molar-refractivity contribution in [3.63, 3.8) is 0 Å². The number of H-pyrrole nitrogens is 1. The van der Waals surface area contributed by atoms with Crippen molar-refractivity contribution in [1.29, 1.82) is 0 Å². The third kappa shape index (κ3) is 6.13. The molecule has 12 heteroatoms. The third-order valence-electron chi connectivity index (χ3n) is 5.54.